The van der Waals surface area contributed by atoms with Crippen molar-refractivity contribution in [3.63, 3.8) is 0 Å². The van der Waals surface area contributed by atoms with Gasteiger partial charge in [0, 0.05) is 31.4 Å². The Hall–Kier alpha value is -2.00. The van der Waals surface area contributed by atoms with Crippen molar-refractivity contribution in [3.05, 3.63) is 41.7 Å². The Morgan fingerprint density at radius 2 is 1.81 bits per heavy atom. The molecule has 26 heavy (non-hydrogen) atoms. The van der Waals surface area contributed by atoms with Gasteiger partial charge in [-0.05, 0) is 32.9 Å². The fraction of sp³-hybridized carbons (Fsp3) is 0.471. The third-order valence-electron chi connectivity index (χ3n) is 4.65. The van der Waals surface area contributed by atoms with Gasteiger partial charge >= 0.3 is 6.55 Å². The summed E-state index contributed by atoms with van der Waals surface area (Å²) in [5.74, 6) is 0. The lowest BCUT2D eigenvalue weighted by molar-refractivity contribution is 0.0561. The Bertz CT molecular complexity index is 881. The maximum atomic E-state index is 12.9. The van der Waals surface area contributed by atoms with Crippen LogP contribution in [0.2, 0.25) is 0 Å². The number of piperazine rings is 1. The molecule has 1 saturated heterocycles. The van der Waals surface area contributed by atoms with Gasteiger partial charge in [0.1, 0.15) is 4.90 Å². The summed E-state index contributed by atoms with van der Waals surface area (Å²) in [6.07, 6.45) is 0.909. The largest absolute Gasteiger partial charge is 0.366 e. The second-order valence-electron chi connectivity index (χ2n) is 6.58. The van der Waals surface area contributed by atoms with Gasteiger partial charge in [0.15, 0.2) is 0 Å². The molecular formula is C17H22F2N4O2S. The van der Waals surface area contributed by atoms with E-state index in [4.69, 9.17) is 0 Å². The van der Waals surface area contributed by atoms with Crippen molar-refractivity contribution in [1.82, 2.24) is 14.1 Å². The monoisotopic (exact) mass is 384 g/mol. The Morgan fingerprint density at radius 3 is 2.35 bits per heavy atom. The standard InChI is InChI=1S/C17H22F2N4O2S/c1-12-4-6-15(7-5-12)22-9-8-21(10-13(22)2)26(24,25)16-11-23(17(18)19)20-14(16)3/h4-7,11,13,17H,8-10H2,1-3H3/t13-/m0/s1. The minimum atomic E-state index is -3.86. The number of benzene rings is 1. The number of halogens is 2. The zero-order valence-electron chi connectivity index (χ0n) is 14.9. The fourth-order valence-corrected chi connectivity index (χ4v) is 4.89. The summed E-state index contributed by atoms with van der Waals surface area (Å²) in [6, 6.07) is 8.05. The van der Waals surface area contributed by atoms with E-state index in [0.29, 0.717) is 17.8 Å². The number of rotatable bonds is 4. The normalized spacial score (nSPS) is 19.3. The molecule has 1 atom stereocenters. The topological polar surface area (TPSA) is 58.4 Å². The van der Waals surface area contributed by atoms with E-state index in [2.05, 4.69) is 10.00 Å². The Kier molecular flexibility index (Phi) is 5.03. The van der Waals surface area contributed by atoms with Gasteiger partial charge in [-0.3, -0.25) is 0 Å². The number of aromatic nitrogens is 2. The summed E-state index contributed by atoms with van der Waals surface area (Å²) in [5.41, 5.74) is 2.29. The van der Waals surface area contributed by atoms with Crippen molar-refractivity contribution in [2.45, 2.75) is 38.3 Å². The summed E-state index contributed by atoms with van der Waals surface area (Å²) in [5, 5.41) is 3.61. The minimum absolute atomic E-state index is 0.0355. The van der Waals surface area contributed by atoms with Crippen LogP contribution in [-0.4, -0.2) is 48.2 Å². The van der Waals surface area contributed by atoms with Crippen LogP contribution in [0.3, 0.4) is 0 Å². The quantitative estimate of drug-likeness (QED) is 0.813. The Morgan fingerprint density at radius 1 is 1.15 bits per heavy atom. The van der Waals surface area contributed by atoms with Crippen LogP contribution >= 0.6 is 0 Å². The number of sulfonamides is 1. The molecule has 9 heteroatoms. The Balaban J connectivity index is 1.80. The second-order valence-corrected chi connectivity index (χ2v) is 8.48. The number of hydrogen-bond acceptors (Lipinski definition) is 4. The number of alkyl halides is 2. The molecule has 6 nitrogen and oxygen atoms in total. The van der Waals surface area contributed by atoms with Crippen molar-refractivity contribution in [2.75, 3.05) is 24.5 Å². The van der Waals surface area contributed by atoms with Crippen LogP contribution in [0.15, 0.2) is 35.4 Å². The molecule has 0 unspecified atom stereocenters. The molecule has 1 aromatic heterocycles. The minimum Gasteiger partial charge on any atom is -0.366 e. The molecule has 2 heterocycles. The van der Waals surface area contributed by atoms with Gasteiger partial charge in [-0.15, -0.1) is 0 Å². The molecule has 2 aromatic rings. The number of aryl methyl sites for hydroxylation is 2. The summed E-state index contributed by atoms with van der Waals surface area (Å²) in [4.78, 5) is 2.00. The van der Waals surface area contributed by atoms with E-state index < -0.39 is 16.6 Å². The molecule has 142 valence electrons. The predicted molar refractivity (Wildman–Crippen MR) is 95.0 cm³/mol. The third-order valence-corrected chi connectivity index (χ3v) is 6.61. The first-order chi connectivity index (χ1) is 12.2. The zero-order valence-corrected chi connectivity index (χ0v) is 15.7. The highest BCUT2D eigenvalue weighted by molar-refractivity contribution is 7.89. The van der Waals surface area contributed by atoms with Crippen LogP contribution in [0, 0.1) is 13.8 Å². The van der Waals surface area contributed by atoms with Gasteiger partial charge in [-0.1, -0.05) is 17.7 Å². The lowest BCUT2D eigenvalue weighted by Gasteiger charge is -2.40. The van der Waals surface area contributed by atoms with E-state index in [-0.39, 0.29) is 23.2 Å². The Labute approximate surface area is 152 Å². The van der Waals surface area contributed by atoms with E-state index in [9.17, 15) is 17.2 Å². The molecule has 0 N–H and O–H groups in total. The maximum absolute atomic E-state index is 12.9. The summed E-state index contributed by atoms with van der Waals surface area (Å²) in [6.45, 7) is 3.64. The zero-order chi connectivity index (χ0) is 19.1. The van der Waals surface area contributed by atoms with Gasteiger partial charge < -0.3 is 4.90 Å². The van der Waals surface area contributed by atoms with Crippen molar-refractivity contribution in [3.8, 4) is 0 Å². The molecule has 0 radical (unpaired) electrons. The van der Waals surface area contributed by atoms with E-state index in [1.165, 1.54) is 11.2 Å². The summed E-state index contributed by atoms with van der Waals surface area (Å²) in [7, 11) is -3.86. The molecule has 1 aromatic carbocycles. The van der Waals surface area contributed by atoms with Crippen LogP contribution in [0.4, 0.5) is 14.5 Å². The van der Waals surface area contributed by atoms with Gasteiger partial charge in [-0.25, -0.2) is 13.1 Å². The molecule has 1 fully saturated rings. The maximum Gasteiger partial charge on any atom is 0.333 e. The summed E-state index contributed by atoms with van der Waals surface area (Å²) < 4.78 is 53.1. The van der Waals surface area contributed by atoms with Gasteiger partial charge in [0.2, 0.25) is 10.0 Å². The lowest BCUT2D eigenvalue weighted by Crippen LogP contribution is -2.53. The number of nitrogens with zero attached hydrogens (tertiary/aromatic N) is 4. The smallest absolute Gasteiger partial charge is 0.333 e. The van der Waals surface area contributed by atoms with E-state index >= 15 is 0 Å². The molecule has 0 saturated carbocycles. The predicted octanol–water partition coefficient (Wildman–Crippen LogP) is 2.79. The molecule has 0 amide bonds. The van der Waals surface area contributed by atoms with Crippen LogP contribution in [0.5, 0.6) is 0 Å². The average molecular weight is 384 g/mol. The van der Waals surface area contributed by atoms with Crippen LogP contribution in [0.25, 0.3) is 0 Å². The highest BCUT2D eigenvalue weighted by Gasteiger charge is 2.34. The number of hydrogen-bond donors (Lipinski definition) is 0. The van der Waals surface area contributed by atoms with E-state index in [1.807, 2.05) is 38.1 Å². The van der Waals surface area contributed by atoms with Crippen molar-refractivity contribution in [1.29, 1.82) is 0 Å². The average Bonchev–Trinajstić information content (AvgIpc) is 2.99. The number of anilines is 1. The molecule has 1 aliphatic heterocycles. The lowest BCUT2D eigenvalue weighted by atomic mass is 10.1. The second kappa shape index (κ2) is 6.96. The molecule has 0 aliphatic carbocycles. The van der Waals surface area contributed by atoms with E-state index in [1.54, 1.807) is 0 Å². The first kappa shape index (κ1) is 18.8. The fourth-order valence-electron chi connectivity index (χ4n) is 3.22. The first-order valence-corrected chi connectivity index (χ1v) is 9.81. The van der Waals surface area contributed by atoms with Crippen LogP contribution in [0.1, 0.15) is 24.7 Å². The van der Waals surface area contributed by atoms with Crippen LogP contribution < -0.4 is 4.90 Å². The molecule has 3 rings (SSSR count). The third kappa shape index (κ3) is 3.45. The van der Waals surface area contributed by atoms with Gasteiger partial charge in [-0.2, -0.15) is 18.2 Å². The van der Waals surface area contributed by atoms with Crippen molar-refractivity contribution < 1.29 is 17.2 Å². The molecular weight excluding hydrogens is 362 g/mol. The SMILES string of the molecule is Cc1ccc(N2CCN(S(=O)(=O)c3cn(C(F)F)nc3C)C[C@@H]2C)cc1. The molecule has 0 bridgehead atoms. The van der Waals surface area contributed by atoms with Crippen LogP contribution in [-0.2, 0) is 10.0 Å². The van der Waals surface area contributed by atoms with Crippen molar-refractivity contribution in [2.24, 2.45) is 0 Å². The summed E-state index contributed by atoms with van der Waals surface area (Å²) >= 11 is 0. The van der Waals surface area contributed by atoms with Gasteiger partial charge in [0.25, 0.3) is 0 Å². The van der Waals surface area contributed by atoms with E-state index in [0.717, 1.165) is 17.4 Å². The molecule has 1 aliphatic rings. The van der Waals surface area contributed by atoms with Crippen molar-refractivity contribution >= 4 is 15.7 Å². The first-order valence-electron chi connectivity index (χ1n) is 8.37. The molecule has 0 spiro atoms. The highest BCUT2D eigenvalue weighted by atomic mass is 32.2. The highest BCUT2D eigenvalue weighted by Crippen LogP contribution is 2.26. The van der Waals surface area contributed by atoms with Gasteiger partial charge in [0.05, 0.1) is 11.9 Å².